The Morgan fingerprint density at radius 1 is 1.31 bits per heavy atom. The molecule has 1 aliphatic heterocycles. The van der Waals surface area contributed by atoms with Crippen molar-refractivity contribution in [2.75, 3.05) is 33.2 Å². The molecule has 1 aromatic carbocycles. The lowest BCUT2D eigenvalue weighted by atomic mass is 9.98. The highest BCUT2D eigenvalue weighted by Crippen LogP contribution is 2.26. The summed E-state index contributed by atoms with van der Waals surface area (Å²) in [4.78, 5) is 6.58. The largest absolute Gasteiger partial charge is 0.573 e. The van der Waals surface area contributed by atoms with E-state index in [-0.39, 0.29) is 12.3 Å². The number of rotatable bonds is 6. The van der Waals surface area contributed by atoms with Gasteiger partial charge in [-0.15, -0.1) is 13.2 Å². The van der Waals surface area contributed by atoms with E-state index in [9.17, 15) is 13.2 Å². The van der Waals surface area contributed by atoms with Gasteiger partial charge in [-0.05, 0) is 37.9 Å². The van der Waals surface area contributed by atoms with Gasteiger partial charge in [-0.2, -0.15) is 0 Å². The number of piperidine rings is 1. The second kappa shape index (κ2) is 9.66. The van der Waals surface area contributed by atoms with E-state index in [1.165, 1.54) is 25.0 Å². The summed E-state index contributed by atoms with van der Waals surface area (Å²) in [7, 11) is 1.65. The van der Waals surface area contributed by atoms with Crippen molar-refractivity contribution in [3.05, 3.63) is 29.8 Å². The monoisotopic (exact) mass is 372 g/mol. The maximum Gasteiger partial charge on any atom is 0.573 e. The van der Waals surface area contributed by atoms with E-state index in [1.54, 1.807) is 19.2 Å². The van der Waals surface area contributed by atoms with Crippen molar-refractivity contribution >= 4 is 5.96 Å². The van der Waals surface area contributed by atoms with Crippen LogP contribution in [0.15, 0.2) is 29.3 Å². The number of likely N-dealkylation sites (tertiary alicyclic amines) is 1. The minimum absolute atomic E-state index is 0.192. The number of nitrogens with zero attached hydrogens (tertiary/aromatic N) is 2. The summed E-state index contributed by atoms with van der Waals surface area (Å²) >= 11 is 0. The number of benzene rings is 1. The standard InChI is InChI=1S/C18H27F3N4O/c1-3-25-10-6-7-14(13-25)11-23-17(22-2)24-12-15-8-4-5-9-16(15)26-18(19,20)21/h4-5,8-9,14H,3,6-7,10-13H2,1-2H3,(H2,22,23,24). The summed E-state index contributed by atoms with van der Waals surface area (Å²) < 4.78 is 41.5. The Labute approximate surface area is 152 Å². The van der Waals surface area contributed by atoms with Gasteiger partial charge in [0.15, 0.2) is 5.96 Å². The molecular weight excluding hydrogens is 345 g/mol. The van der Waals surface area contributed by atoms with E-state index in [1.807, 2.05) is 0 Å². The predicted molar refractivity (Wildman–Crippen MR) is 96.2 cm³/mol. The SMILES string of the molecule is CCN1CCCC(CNC(=NC)NCc2ccccc2OC(F)(F)F)C1. The highest BCUT2D eigenvalue weighted by atomic mass is 19.4. The molecule has 1 saturated heterocycles. The first-order valence-electron chi connectivity index (χ1n) is 8.91. The lowest BCUT2D eigenvalue weighted by Gasteiger charge is -2.32. The molecular formula is C18H27F3N4O. The average Bonchev–Trinajstić information content (AvgIpc) is 2.62. The van der Waals surface area contributed by atoms with Gasteiger partial charge in [0.1, 0.15) is 5.75 Å². The number of nitrogens with one attached hydrogen (secondary N) is 2. The molecule has 0 aromatic heterocycles. The first-order valence-corrected chi connectivity index (χ1v) is 8.91. The van der Waals surface area contributed by atoms with Gasteiger partial charge >= 0.3 is 6.36 Å². The molecule has 0 aliphatic carbocycles. The topological polar surface area (TPSA) is 48.9 Å². The average molecular weight is 372 g/mol. The van der Waals surface area contributed by atoms with Crippen LogP contribution < -0.4 is 15.4 Å². The van der Waals surface area contributed by atoms with E-state index in [2.05, 4.69) is 32.2 Å². The van der Waals surface area contributed by atoms with Crippen LogP contribution in [0.3, 0.4) is 0 Å². The third kappa shape index (κ3) is 6.74. The third-order valence-corrected chi connectivity index (χ3v) is 4.48. The maximum atomic E-state index is 12.5. The number of aliphatic imine (C=N–C) groups is 1. The van der Waals surface area contributed by atoms with Gasteiger partial charge in [-0.25, -0.2) is 0 Å². The molecule has 0 bridgehead atoms. The third-order valence-electron chi connectivity index (χ3n) is 4.48. The molecule has 1 fully saturated rings. The molecule has 1 heterocycles. The zero-order chi connectivity index (χ0) is 19.0. The summed E-state index contributed by atoms with van der Waals surface area (Å²) in [5, 5.41) is 6.33. The highest BCUT2D eigenvalue weighted by Gasteiger charge is 2.32. The van der Waals surface area contributed by atoms with Crippen LogP contribution in [-0.4, -0.2) is 50.4 Å². The highest BCUT2D eigenvalue weighted by molar-refractivity contribution is 5.79. The summed E-state index contributed by atoms with van der Waals surface area (Å²) in [6, 6.07) is 6.10. The number of ether oxygens (including phenoxy) is 1. The maximum absolute atomic E-state index is 12.5. The lowest BCUT2D eigenvalue weighted by molar-refractivity contribution is -0.274. The van der Waals surface area contributed by atoms with Gasteiger partial charge in [0, 0.05) is 32.2 Å². The zero-order valence-corrected chi connectivity index (χ0v) is 15.3. The number of guanidine groups is 1. The van der Waals surface area contributed by atoms with E-state index in [4.69, 9.17) is 0 Å². The van der Waals surface area contributed by atoms with Crippen molar-refractivity contribution < 1.29 is 17.9 Å². The van der Waals surface area contributed by atoms with Crippen LogP contribution in [0.5, 0.6) is 5.75 Å². The number of para-hydroxylation sites is 1. The second-order valence-corrected chi connectivity index (χ2v) is 6.36. The van der Waals surface area contributed by atoms with Crippen molar-refractivity contribution in [2.45, 2.75) is 32.7 Å². The van der Waals surface area contributed by atoms with Crippen molar-refractivity contribution in [3.63, 3.8) is 0 Å². The van der Waals surface area contributed by atoms with Crippen molar-refractivity contribution in [3.8, 4) is 5.75 Å². The first kappa shape index (κ1) is 20.4. The molecule has 0 saturated carbocycles. The number of hydrogen-bond donors (Lipinski definition) is 2. The van der Waals surface area contributed by atoms with Crippen molar-refractivity contribution in [1.82, 2.24) is 15.5 Å². The molecule has 8 heteroatoms. The van der Waals surface area contributed by atoms with Crippen molar-refractivity contribution in [1.29, 1.82) is 0 Å². The van der Waals surface area contributed by atoms with Gasteiger partial charge in [0.05, 0.1) is 0 Å². The molecule has 26 heavy (non-hydrogen) atoms. The minimum atomic E-state index is -4.71. The predicted octanol–water partition coefficient (Wildman–Crippen LogP) is 2.98. The minimum Gasteiger partial charge on any atom is -0.405 e. The van der Waals surface area contributed by atoms with E-state index < -0.39 is 6.36 Å². The number of alkyl halides is 3. The van der Waals surface area contributed by atoms with Crippen LogP contribution >= 0.6 is 0 Å². The molecule has 146 valence electrons. The quantitative estimate of drug-likeness (QED) is 0.595. The van der Waals surface area contributed by atoms with Crippen LogP contribution in [0.25, 0.3) is 0 Å². The Balaban J connectivity index is 1.85. The van der Waals surface area contributed by atoms with E-state index in [0.29, 0.717) is 17.4 Å². The van der Waals surface area contributed by atoms with Crippen LogP contribution in [0, 0.1) is 5.92 Å². The number of halogens is 3. The number of hydrogen-bond acceptors (Lipinski definition) is 3. The Kier molecular flexibility index (Phi) is 7.56. The first-order chi connectivity index (χ1) is 12.4. The molecule has 1 atom stereocenters. The normalized spacial score (nSPS) is 19.3. The van der Waals surface area contributed by atoms with Crippen LogP contribution in [0.2, 0.25) is 0 Å². The summed E-state index contributed by atoms with van der Waals surface area (Å²) in [6.07, 6.45) is -2.35. The second-order valence-electron chi connectivity index (χ2n) is 6.36. The summed E-state index contributed by atoms with van der Waals surface area (Å²) in [5.41, 5.74) is 0.419. The van der Waals surface area contributed by atoms with E-state index in [0.717, 1.165) is 26.2 Å². The van der Waals surface area contributed by atoms with Gasteiger partial charge in [0.25, 0.3) is 0 Å². The Bertz CT molecular complexity index is 592. The smallest absolute Gasteiger partial charge is 0.405 e. The summed E-state index contributed by atoms with van der Waals surface area (Å²) in [5.74, 6) is 0.914. The molecule has 0 radical (unpaired) electrons. The Hall–Kier alpha value is -1.96. The van der Waals surface area contributed by atoms with Crippen molar-refractivity contribution in [2.24, 2.45) is 10.9 Å². The van der Waals surface area contributed by atoms with Gasteiger partial charge in [-0.1, -0.05) is 25.1 Å². The Morgan fingerprint density at radius 3 is 2.77 bits per heavy atom. The molecule has 2 rings (SSSR count). The molecule has 0 amide bonds. The van der Waals surface area contributed by atoms with Gasteiger partial charge < -0.3 is 20.3 Å². The molecule has 1 aliphatic rings. The fraction of sp³-hybridized carbons (Fsp3) is 0.611. The fourth-order valence-electron chi connectivity index (χ4n) is 3.12. The van der Waals surface area contributed by atoms with Gasteiger partial charge in [0.2, 0.25) is 0 Å². The molecule has 1 aromatic rings. The van der Waals surface area contributed by atoms with Crippen LogP contribution in [0.4, 0.5) is 13.2 Å². The summed E-state index contributed by atoms with van der Waals surface area (Å²) in [6.45, 7) is 6.41. The Morgan fingerprint density at radius 2 is 2.08 bits per heavy atom. The fourth-order valence-corrected chi connectivity index (χ4v) is 3.12. The van der Waals surface area contributed by atoms with Crippen LogP contribution in [-0.2, 0) is 6.54 Å². The molecule has 0 spiro atoms. The molecule has 2 N–H and O–H groups in total. The zero-order valence-electron chi connectivity index (χ0n) is 15.3. The van der Waals surface area contributed by atoms with E-state index >= 15 is 0 Å². The van der Waals surface area contributed by atoms with Gasteiger partial charge in [-0.3, -0.25) is 4.99 Å². The lowest BCUT2D eigenvalue weighted by Crippen LogP contribution is -2.44. The molecule has 5 nitrogen and oxygen atoms in total. The molecule has 1 unspecified atom stereocenters. The van der Waals surface area contributed by atoms with Crippen LogP contribution in [0.1, 0.15) is 25.3 Å².